The van der Waals surface area contributed by atoms with Gasteiger partial charge in [0.2, 0.25) is 0 Å². The minimum Gasteiger partial charge on any atom is -0.456 e. The van der Waals surface area contributed by atoms with Gasteiger partial charge in [-0.05, 0) is 48.6 Å². The largest absolute Gasteiger partial charge is 0.456 e. The van der Waals surface area contributed by atoms with Crippen molar-refractivity contribution in [3.05, 3.63) is 118 Å². The van der Waals surface area contributed by atoms with Crippen LogP contribution in [0.4, 0.5) is 4.39 Å². The topological polar surface area (TPSA) is 147 Å². The summed E-state index contributed by atoms with van der Waals surface area (Å²) in [6.45, 7) is -0.369. The van der Waals surface area contributed by atoms with E-state index in [9.17, 15) is 31.7 Å². The van der Waals surface area contributed by atoms with E-state index < -0.39 is 33.2 Å². The van der Waals surface area contributed by atoms with Crippen LogP contribution in [-0.4, -0.2) is 55.1 Å². The van der Waals surface area contributed by atoms with E-state index in [1.165, 1.54) is 35.2 Å². The molecule has 2 heterocycles. The summed E-state index contributed by atoms with van der Waals surface area (Å²) in [7, 11) is -4.38. The van der Waals surface area contributed by atoms with E-state index in [0.717, 1.165) is 6.07 Å². The van der Waals surface area contributed by atoms with Crippen molar-refractivity contribution in [1.82, 2.24) is 10.2 Å². The second kappa shape index (κ2) is 12.4. The highest BCUT2D eigenvalue weighted by Crippen LogP contribution is 2.29. The third-order valence-corrected chi connectivity index (χ3v) is 7.26. The van der Waals surface area contributed by atoms with E-state index >= 15 is 0 Å². The highest BCUT2D eigenvalue weighted by Gasteiger charge is 2.21. The lowest BCUT2D eigenvalue weighted by Crippen LogP contribution is -2.41. The average Bonchev–Trinajstić information content (AvgIpc) is 3.36. The van der Waals surface area contributed by atoms with Gasteiger partial charge < -0.3 is 19.1 Å². The van der Waals surface area contributed by atoms with Gasteiger partial charge in [-0.15, -0.1) is 0 Å². The molecule has 1 aliphatic rings. The molecule has 2 aromatic heterocycles. The number of hydrogen-bond acceptors (Lipinski definition) is 7. The Labute approximate surface area is 244 Å². The number of hydrogen-bond donors (Lipinski definition) is 2. The lowest BCUT2D eigenvalue weighted by molar-refractivity contribution is -0.117. The predicted octanol–water partition coefficient (Wildman–Crippen LogP) is 4.40. The molecule has 0 bridgehead atoms. The number of amides is 2. The van der Waals surface area contributed by atoms with Gasteiger partial charge in [0.05, 0.1) is 5.75 Å². The molecule has 0 radical (unpaired) electrons. The van der Waals surface area contributed by atoms with Gasteiger partial charge in [-0.2, -0.15) is 8.42 Å². The van der Waals surface area contributed by atoms with Crippen molar-refractivity contribution in [1.29, 1.82) is 0 Å². The molecule has 220 valence electrons. The first-order chi connectivity index (χ1) is 20.6. The molecule has 12 heteroatoms. The van der Waals surface area contributed by atoms with E-state index in [4.69, 9.17) is 8.83 Å². The number of nitrogens with one attached hydrogen (secondary N) is 1. The molecule has 5 rings (SSSR count). The van der Waals surface area contributed by atoms with Crippen molar-refractivity contribution >= 4 is 43.9 Å². The van der Waals surface area contributed by atoms with E-state index in [-0.39, 0.29) is 53.6 Å². The van der Waals surface area contributed by atoms with Crippen LogP contribution in [0.1, 0.15) is 10.4 Å². The van der Waals surface area contributed by atoms with E-state index in [1.807, 2.05) is 6.08 Å². The number of carbonyl (C=O) groups is 2. The van der Waals surface area contributed by atoms with Gasteiger partial charge in [0.1, 0.15) is 28.3 Å². The summed E-state index contributed by atoms with van der Waals surface area (Å²) in [5, 5.41) is 3.77. The molecule has 0 saturated carbocycles. The minimum absolute atomic E-state index is 0.00949. The predicted molar refractivity (Wildman–Crippen MR) is 158 cm³/mol. The van der Waals surface area contributed by atoms with Gasteiger partial charge in [-0.3, -0.25) is 14.1 Å². The van der Waals surface area contributed by atoms with Crippen LogP contribution >= 0.6 is 0 Å². The van der Waals surface area contributed by atoms with Crippen molar-refractivity contribution in [2.45, 2.75) is 0 Å². The Hall–Kier alpha value is -5.07. The second-order valence-corrected chi connectivity index (χ2v) is 11.2. The molecule has 0 aliphatic heterocycles. The maximum absolute atomic E-state index is 13.5. The number of allylic oxidation sites excluding steroid dienone is 6. The fourth-order valence-corrected chi connectivity index (χ4v) is 4.85. The highest BCUT2D eigenvalue weighted by atomic mass is 32.2. The first-order valence-electron chi connectivity index (χ1n) is 13.1. The molecule has 0 saturated heterocycles. The molecule has 2 N–H and O–H groups in total. The molecule has 2 aromatic carbocycles. The Morgan fingerprint density at radius 2 is 1.60 bits per heavy atom. The Morgan fingerprint density at radius 1 is 0.884 bits per heavy atom. The van der Waals surface area contributed by atoms with Crippen molar-refractivity contribution in [3.8, 4) is 11.3 Å². The summed E-state index contributed by atoms with van der Waals surface area (Å²) in [5.74, 6) is -2.02. The summed E-state index contributed by atoms with van der Waals surface area (Å²) in [4.78, 5) is 39.8. The molecule has 10 nitrogen and oxygen atoms in total. The Kier molecular flexibility index (Phi) is 8.51. The van der Waals surface area contributed by atoms with Crippen LogP contribution in [0, 0.1) is 5.82 Å². The number of furan rings is 1. The standard InChI is InChI=1S/C31H25FN2O8S/c32-24-11-10-21-16-25(31(37)42-27(21)19-24)28-17-22-8-9-23(18-26(22)41-28)30(36)34(14-15-43(38,39)40)13-12-33-29(35)20-6-4-2-1-3-5-7-20/h1-11,16-19H,12-15H2,(H,33,35)(H,38,39,40). The number of rotatable bonds is 9. The molecule has 0 unspecified atom stereocenters. The number of carbonyl (C=O) groups excluding carboxylic acids is 2. The third kappa shape index (κ3) is 7.23. The van der Waals surface area contributed by atoms with Crippen LogP contribution in [0.2, 0.25) is 0 Å². The number of benzene rings is 2. The van der Waals surface area contributed by atoms with Gasteiger partial charge in [-0.25, -0.2) is 9.18 Å². The normalized spacial score (nSPS) is 13.1. The third-order valence-electron chi connectivity index (χ3n) is 6.56. The van der Waals surface area contributed by atoms with E-state index in [2.05, 4.69) is 5.32 Å². The molecule has 0 spiro atoms. The summed E-state index contributed by atoms with van der Waals surface area (Å²) in [6, 6.07) is 11.5. The summed E-state index contributed by atoms with van der Waals surface area (Å²) in [6.07, 6.45) is 12.0. The maximum Gasteiger partial charge on any atom is 0.347 e. The average molecular weight is 605 g/mol. The van der Waals surface area contributed by atoms with Crippen LogP contribution in [0.15, 0.2) is 110 Å². The first-order valence-corrected chi connectivity index (χ1v) is 14.7. The zero-order valence-electron chi connectivity index (χ0n) is 22.5. The van der Waals surface area contributed by atoms with Gasteiger partial charge in [-0.1, -0.05) is 36.4 Å². The summed E-state index contributed by atoms with van der Waals surface area (Å²) in [5.41, 5.74) is 0.277. The summed E-state index contributed by atoms with van der Waals surface area (Å²) >= 11 is 0. The van der Waals surface area contributed by atoms with Crippen molar-refractivity contribution in [3.63, 3.8) is 0 Å². The molecule has 2 amide bonds. The maximum atomic E-state index is 13.5. The smallest absolute Gasteiger partial charge is 0.347 e. The number of fused-ring (bicyclic) bond motifs is 2. The van der Waals surface area contributed by atoms with Crippen molar-refractivity contribution in [2.75, 3.05) is 25.4 Å². The Morgan fingerprint density at radius 3 is 2.42 bits per heavy atom. The van der Waals surface area contributed by atoms with Crippen LogP contribution in [-0.2, 0) is 14.9 Å². The van der Waals surface area contributed by atoms with Crippen LogP contribution in [0.5, 0.6) is 0 Å². The molecule has 43 heavy (non-hydrogen) atoms. The quantitative estimate of drug-likeness (QED) is 0.211. The molecule has 1 aliphatic carbocycles. The van der Waals surface area contributed by atoms with Gasteiger partial charge in [0.15, 0.2) is 0 Å². The number of halogens is 1. The zero-order valence-corrected chi connectivity index (χ0v) is 23.3. The minimum atomic E-state index is -4.38. The highest BCUT2D eigenvalue weighted by molar-refractivity contribution is 7.85. The van der Waals surface area contributed by atoms with E-state index in [0.29, 0.717) is 16.3 Å². The van der Waals surface area contributed by atoms with Crippen LogP contribution in [0.25, 0.3) is 33.3 Å². The first kappa shape index (κ1) is 29.4. The molecular formula is C31H25FN2O8S. The summed E-state index contributed by atoms with van der Waals surface area (Å²) < 4.78 is 56.8. The van der Waals surface area contributed by atoms with Crippen LogP contribution < -0.4 is 10.9 Å². The Balaban J connectivity index is 1.36. The fourth-order valence-electron chi connectivity index (χ4n) is 4.40. The van der Waals surface area contributed by atoms with Crippen molar-refractivity contribution in [2.24, 2.45) is 0 Å². The van der Waals surface area contributed by atoms with Crippen LogP contribution in [0.3, 0.4) is 0 Å². The monoisotopic (exact) mass is 604 g/mol. The van der Waals surface area contributed by atoms with Gasteiger partial charge in [0, 0.05) is 47.6 Å². The lowest BCUT2D eigenvalue weighted by Gasteiger charge is -2.22. The van der Waals surface area contributed by atoms with Gasteiger partial charge >= 0.3 is 5.63 Å². The van der Waals surface area contributed by atoms with E-state index in [1.54, 1.807) is 48.6 Å². The number of nitrogens with zero attached hydrogens (tertiary/aromatic N) is 1. The molecule has 4 aromatic rings. The zero-order chi connectivity index (χ0) is 30.6. The molecular weight excluding hydrogens is 579 g/mol. The Bertz CT molecular complexity index is 2020. The lowest BCUT2D eigenvalue weighted by atomic mass is 10.1. The molecule has 0 atom stereocenters. The second-order valence-electron chi connectivity index (χ2n) is 9.58. The fraction of sp³-hybridized carbons (Fsp3) is 0.129. The SMILES string of the molecule is O=C(NCCN(CCS(=O)(=O)O)C(=O)c1ccc2cc(-c3cc4ccc(F)cc4oc3=O)oc2c1)C1=CC=CC=CC=C1. The van der Waals surface area contributed by atoms with Crippen molar-refractivity contribution < 1.29 is 35.8 Å². The van der Waals surface area contributed by atoms with Gasteiger partial charge in [0.25, 0.3) is 21.9 Å². The molecule has 0 fully saturated rings.